The maximum Gasteiger partial charge on any atom is 0.343 e. The normalized spacial score (nSPS) is 15.7. The smallest absolute Gasteiger partial charge is 0.343 e. The Hall–Kier alpha value is -15.4. The molecule has 45 heteroatoms. The first-order valence-corrected chi connectivity index (χ1v) is 33.8. The number of aliphatic hydroxyl groups excluding tert-OH is 15. The van der Waals surface area contributed by atoms with E-state index in [-0.39, 0.29) is 130 Å². The number of esters is 5. The Kier molecular flexibility index (Phi) is 47.6. The zero-order chi connectivity index (χ0) is 89.2. The van der Waals surface area contributed by atoms with Crippen molar-refractivity contribution >= 4 is 55.5 Å². The van der Waals surface area contributed by atoms with Gasteiger partial charge in [0.05, 0.1) is 42.1 Å². The van der Waals surface area contributed by atoms with E-state index in [1.807, 2.05) is 0 Å². The molecule has 122 heavy (non-hydrogen) atoms. The van der Waals surface area contributed by atoms with Crippen molar-refractivity contribution in [3.8, 4) is 63.2 Å². The molecule has 8 atom stereocenters. The molecule has 0 amide bonds. The van der Waals surface area contributed by atoms with Crippen LogP contribution in [0.2, 0.25) is 0 Å². The first-order valence-electron chi connectivity index (χ1n) is 33.8. The van der Waals surface area contributed by atoms with Crippen molar-refractivity contribution in [3.05, 3.63) is 232 Å². The molecule has 0 fully saturated rings. The predicted molar refractivity (Wildman–Crippen MR) is 409 cm³/mol. The molecule has 0 radical (unpaired) electrons. The Bertz CT molecular complexity index is 4580. The maximum absolute atomic E-state index is 12.4. The molecule has 5 aromatic rings. The van der Waals surface area contributed by atoms with E-state index in [1.54, 1.807) is 19.1 Å². The molecule has 30 N–H and O–H groups in total. The molecular formula is C77H88O45. The summed E-state index contributed by atoms with van der Waals surface area (Å²) in [7, 11) is 0. The molecule has 0 heterocycles. The van der Waals surface area contributed by atoms with E-state index in [2.05, 4.69) is 9.47 Å². The molecule has 0 spiro atoms. The molecule has 45 nitrogen and oxygen atoms in total. The van der Waals surface area contributed by atoms with Crippen molar-refractivity contribution in [2.45, 2.75) is 76.3 Å². The fourth-order valence-corrected chi connectivity index (χ4v) is 9.20. The molecule has 3 aliphatic rings. The van der Waals surface area contributed by atoms with Gasteiger partial charge in [-0.05, 0) is 116 Å². The highest BCUT2D eigenvalue weighted by molar-refractivity contribution is 5.93. The summed E-state index contributed by atoms with van der Waals surface area (Å²) in [5.41, 5.74) is 0.320. The molecule has 666 valence electrons. The number of aromatic hydroxyl groups is 9. The van der Waals surface area contributed by atoms with Crippen LogP contribution in [-0.4, -0.2) is 245 Å². The third-order valence-electron chi connectivity index (χ3n) is 15.2. The number of hydrogen-bond donors (Lipinski definition) is 24. The van der Waals surface area contributed by atoms with Crippen LogP contribution in [-0.2, 0) is 61.9 Å². The second kappa shape index (κ2) is 54.5. The van der Waals surface area contributed by atoms with Crippen molar-refractivity contribution in [2.75, 3.05) is 19.8 Å². The number of carbonyl (C=O) groups excluding carboxylic acids is 9. The van der Waals surface area contributed by atoms with Gasteiger partial charge in [-0.3, -0.25) is 28.8 Å². The molecule has 3 aliphatic carbocycles. The second-order valence-electron chi connectivity index (χ2n) is 23.9. The summed E-state index contributed by atoms with van der Waals surface area (Å²) >= 11 is 0. The van der Waals surface area contributed by atoms with E-state index in [1.165, 1.54) is 60.7 Å². The second-order valence-corrected chi connectivity index (χ2v) is 23.9. The summed E-state index contributed by atoms with van der Waals surface area (Å²) in [5, 5.41) is 222. The number of benzene rings is 5. The van der Waals surface area contributed by atoms with Crippen molar-refractivity contribution in [1.82, 2.24) is 0 Å². The summed E-state index contributed by atoms with van der Waals surface area (Å²) in [4.78, 5) is 102. The minimum Gasteiger partial charge on any atom is -0.516 e. The SMILES string of the molecule is Cc1cc(C=O)cc(O)c1O.O.O.O.O=C(Oc1cccc(O)c1)c1cc(O)c(O)c(O)c1.O=CO/C(=C\O)CC(/C=C/O)C(=O)OCC(CCOC(O)C(/C=C/O)C/C(=C/O)OC(=O)C1=CC(O)=C(O)C(O)C1)OC=O.O=COC(O)COC(=O)c1ccc(O)c(OC(=O)C2C=C(O)C(O)=C(O)C2)c1.OC1=C(O)C(O)CC=C1.Oc1cccc(O)c1. The van der Waals surface area contributed by atoms with Crippen molar-refractivity contribution in [1.29, 1.82) is 0 Å². The van der Waals surface area contributed by atoms with Gasteiger partial charge in [-0.1, -0.05) is 18.2 Å². The summed E-state index contributed by atoms with van der Waals surface area (Å²) in [5.74, 6) is -16.2. The summed E-state index contributed by atoms with van der Waals surface area (Å²) in [6.45, 7) is 0.224. The number of carbonyl (C=O) groups is 9. The minimum absolute atomic E-state index is 0. The van der Waals surface area contributed by atoms with Gasteiger partial charge in [-0.15, -0.1) is 0 Å². The number of aliphatic hydroxyl groups is 15. The lowest BCUT2D eigenvalue weighted by molar-refractivity contribution is -0.158. The molecule has 8 unspecified atom stereocenters. The van der Waals surface area contributed by atoms with Gasteiger partial charge >= 0.3 is 29.8 Å². The number of phenolic OH excluding ortho intramolecular Hbond substituents is 9. The average molecular weight is 1730 g/mol. The average Bonchev–Trinajstić information content (AvgIpc) is 0.840. The van der Waals surface area contributed by atoms with Crippen LogP contribution in [0.4, 0.5) is 0 Å². The van der Waals surface area contributed by atoms with Gasteiger partial charge in [0.25, 0.3) is 19.4 Å². The highest BCUT2D eigenvalue weighted by atomic mass is 16.7. The van der Waals surface area contributed by atoms with E-state index in [9.17, 15) is 110 Å². The monoisotopic (exact) mass is 1730 g/mol. The van der Waals surface area contributed by atoms with E-state index >= 15 is 0 Å². The lowest BCUT2D eigenvalue weighted by Gasteiger charge is -2.23. The number of rotatable bonds is 30. The summed E-state index contributed by atoms with van der Waals surface area (Å²) in [6, 6.07) is 19.3. The number of ether oxygens (including phenoxy) is 9. The number of phenols is 9. The predicted octanol–water partition coefficient (Wildman–Crippen LogP) is 4.43. The molecule has 0 aromatic heterocycles. The first-order chi connectivity index (χ1) is 56.4. The van der Waals surface area contributed by atoms with Crippen LogP contribution < -0.4 is 9.47 Å². The Morgan fingerprint density at radius 1 is 0.566 bits per heavy atom. The van der Waals surface area contributed by atoms with Crippen molar-refractivity contribution in [2.24, 2.45) is 17.8 Å². The van der Waals surface area contributed by atoms with Gasteiger partial charge in [0.2, 0.25) is 6.29 Å². The summed E-state index contributed by atoms with van der Waals surface area (Å²) < 4.78 is 43.5. The molecular weight excluding hydrogens is 1640 g/mol. The molecule has 5 aromatic carbocycles. The number of aldehydes is 1. The van der Waals surface area contributed by atoms with Gasteiger partial charge in [0, 0.05) is 61.3 Å². The molecule has 0 aliphatic heterocycles. The zero-order valence-electron chi connectivity index (χ0n) is 63.3. The van der Waals surface area contributed by atoms with Crippen molar-refractivity contribution < 1.29 is 225 Å². The topological polar surface area (TPSA) is 817 Å². The van der Waals surface area contributed by atoms with E-state index in [4.69, 9.17) is 89.3 Å². The molecule has 0 bridgehead atoms. The largest absolute Gasteiger partial charge is 0.516 e. The first kappa shape index (κ1) is 107. The van der Waals surface area contributed by atoms with Crippen LogP contribution in [0.1, 0.15) is 75.2 Å². The Balaban J connectivity index is 0.00000159. The fourth-order valence-electron chi connectivity index (χ4n) is 9.20. The Morgan fingerprint density at radius 2 is 1.16 bits per heavy atom. The van der Waals surface area contributed by atoms with Crippen LogP contribution in [0.3, 0.4) is 0 Å². The highest BCUT2D eigenvalue weighted by Gasteiger charge is 2.32. The van der Waals surface area contributed by atoms with E-state index < -0.39 is 168 Å². The van der Waals surface area contributed by atoms with Crippen LogP contribution in [0.5, 0.6) is 63.2 Å². The van der Waals surface area contributed by atoms with Crippen LogP contribution in [0.25, 0.3) is 0 Å². The Labute approximate surface area is 687 Å². The van der Waals surface area contributed by atoms with Crippen LogP contribution in [0, 0.1) is 24.7 Å². The third-order valence-corrected chi connectivity index (χ3v) is 15.2. The van der Waals surface area contributed by atoms with Gasteiger partial charge in [-0.2, -0.15) is 0 Å². The van der Waals surface area contributed by atoms with Crippen LogP contribution in [0.15, 0.2) is 210 Å². The maximum atomic E-state index is 12.4. The highest BCUT2D eigenvalue weighted by Crippen LogP contribution is 2.37. The minimum atomic E-state index is -1.69. The quantitative estimate of drug-likeness (QED) is 0.00575. The van der Waals surface area contributed by atoms with Gasteiger partial charge in [0.15, 0.2) is 87.7 Å². The third kappa shape index (κ3) is 36.0. The lowest BCUT2D eigenvalue weighted by atomic mass is 9.97. The van der Waals surface area contributed by atoms with Gasteiger partial charge < -0.3 is 182 Å². The fraction of sp³-hybridized carbons (Fsp3) is 0.234. The van der Waals surface area contributed by atoms with E-state index in [0.717, 1.165) is 54.6 Å². The zero-order valence-corrected chi connectivity index (χ0v) is 63.3. The standard InChI is InChI=1S/C27H34O17.C17H16O11.C13H10O6.C8H8O3.C6H8O3.C6H6O2.3H2O/c28-4-1-16(7-20(11-30)43-15-33)26(38)41-13-19(42-14-32)3-6-40-25(37)17(2-5-29)8-21(12-31)44-27(39)18-9-22(34)24(36)23(35)10-18;18-7-27-14(22)6-26-16(24)8-1-2-10(19)13(5-8)28-17(25)9-3-11(20)15(23)12(21)4-9;14-8-2-1-3-9(6-8)19-13(18)7-4-10(15)12(17)11(16)5-7;1-5-2-6(4-9)3-7(10)8(5)11;7-4-2-1-3-5(8)6(4)9;7-5-2-1-3-6(8)4-5;;;/h1-2,4-5,9,11-12,14-17,19,23,25,28-31,34-37H,3,6-8,10,13H2;1-3,5,7,9,14,19-23H,4,6H2;1-6,14-17H;2-4,10-11H,1H3;1-2,5,7-9H,3H2;1-4,7-8H;3*1H2/b4-1+,5-2+,20-11-,21-12-;;;;;;;;. The molecule has 0 saturated heterocycles. The van der Waals surface area contributed by atoms with Gasteiger partial charge in [0.1, 0.15) is 84.0 Å². The van der Waals surface area contributed by atoms with E-state index in [0.29, 0.717) is 48.9 Å². The number of allylic oxidation sites excluding steroid dienone is 5. The van der Waals surface area contributed by atoms with Gasteiger partial charge in [-0.25, -0.2) is 14.4 Å². The molecule has 0 saturated carbocycles. The van der Waals surface area contributed by atoms with Crippen molar-refractivity contribution in [3.63, 3.8) is 0 Å². The number of aryl methyl sites for hydroxylation is 1. The molecule has 8 rings (SSSR count). The summed E-state index contributed by atoms with van der Waals surface area (Å²) in [6.07, 6.45) is 1.24. The lowest BCUT2D eigenvalue weighted by Crippen LogP contribution is -2.29. The number of hydrogen-bond acceptors (Lipinski definition) is 42. The Morgan fingerprint density at radius 3 is 1.69 bits per heavy atom. The van der Waals surface area contributed by atoms with Crippen LogP contribution >= 0.6 is 0 Å².